The quantitative estimate of drug-likeness (QED) is 0.167. The van der Waals surface area contributed by atoms with E-state index in [0.29, 0.717) is 0 Å². The van der Waals surface area contributed by atoms with Crippen molar-refractivity contribution in [2.75, 3.05) is 0 Å². The van der Waals surface area contributed by atoms with Gasteiger partial charge in [-0.1, -0.05) is 128 Å². The molecule has 3 aromatic heterocycles. The Morgan fingerprint density at radius 1 is 0.442 bits per heavy atom. The molecule has 0 spiro atoms. The summed E-state index contributed by atoms with van der Waals surface area (Å²) >= 11 is 1.81. The Morgan fingerprint density at radius 2 is 1.02 bits per heavy atom. The Hall–Kier alpha value is -6.55. The molecule has 3 heterocycles. The first kappa shape index (κ1) is 28.2. The molecule has 1 aliphatic rings. The van der Waals surface area contributed by atoms with Gasteiger partial charge in [0, 0.05) is 38.0 Å². The highest BCUT2D eigenvalue weighted by molar-refractivity contribution is 7.25. The number of thiophene rings is 1. The summed E-state index contributed by atoms with van der Waals surface area (Å²) in [4.78, 5) is 5.16. The normalized spacial score (nSPS) is 12.7. The van der Waals surface area contributed by atoms with Crippen LogP contribution in [0.5, 0.6) is 0 Å². The molecule has 1 aliphatic carbocycles. The van der Waals surface area contributed by atoms with E-state index in [2.05, 4.69) is 169 Å². The second-order valence-corrected chi connectivity index (χ2v) is 15.0. The van der Waals surface area contributed by atoms with Gasteiger partial charge in [0.15, 0.2) is 0 Å². The van der Waals surface area contributed by atoms with Crippen LogP contribution in [-0.4, -0.2) is 9.55 Å². The minimum atomic E-state index is 0.921. The van der Waals surface area contributed by atoms with Crippen molar-refractivity contribution in [2.24, 2.45) is 0 Å². The molecule has 11 aromatic rings. The van der Waals surface area contributed by atoms with Gasteiger partial charge in [-0.2, -0.15) is 0 Å². The van der Waals surface area contributed by atoms with E-state index in [4.69, 9.17) is 4.98 Å². The van der Waals surface area contributed by atoms with Crippen molar-refractivity contribution >= 4 is 91.2 Å². The van der Waals surface area contributed by atoms with Crippen LogP contribution < -0.4 is 0 Å². The zero-order chi connectivity index (χ0) is 34.1. The minimum Gasteiger partial charge on any atom is -0.293 e. The summed E-state index contributed by atoms with van der Waals surface area (Å²) in [6.45, 7) is 4.63. The molecule has 0 radical (unpaired) electrons. The predicted octanol–water partition coefficient (Wildman–Crippen LogP) is 13.7. The Bertz CT molecular complexity index is 3340. The maximum absolute atomic E-state index is 5.16. The molecule has 0 atom stereocenters. The molecule has 0 saturated carbocycles. The van der Waals surface area contributed by atoms with E-state index >= 15 is 0 Å². The zero-order valence-corrected chi connectivity index (χ0v) is 28.8. The molecule has 240 valence electrons. The van der Waals surface area contributed by atoms with E-state index in [0.717, 1.165) is 16.9 Å². The van der Waals surface area contributed by atoms with E-state index < -0.39 is 0 Å². The standard InChI is InChI=1S/C49H28N2S/c1-28-31-10-2-3-11-32(31)39-21-22-40-38-16-8-9-17-44(38)51(49(40)48(28)39)47-26-43-42-25-30(19-23-45(42)52-46(43)27-50-47)29-18-20-37-35-14-5-4-12-33(35)34-13-6-7-15-36(34)41(37)24-29/h2-27H,1H2. The summed E-state index contributed by atoms with van der Waals surface area (Å²) < 4.78 is 4.82. The molecule has 0 aliphatic heterocycles. The summed E-state index contributed by atoms with van der Waals surface area (Å²) in [6, 6.07) is 55.7. The minimum absolute atomic E-state index is 0.921. The molecule has 0 unspecified atom stereocenters. The van der Waals surface area contributed by atoms with E-state index in [1.165, 1.54) is 102 Å². The van der Waals surface area contributed by atoms with Crippen LogP contribution in [0.2, 0.25) is 0 Å². The molecular weight excluding hydrogens is 649 g/mol. The van der Waals surface area contributed by atoms with Crippen LogP contribution in [0.4, 0.5) is 0 Å². The van der Waals surface area contributed by atoms with Crippen molar-refractivity contribution in [1.82, 2.24) is 9.55 Å². The fourth-order valence-electron chi connectivity index (χ4n) is 9.00. The number of rotatable bonds is 2. The molecule has 0 N–H and O–H groups in total. The number of pyridine rings is 1. The largest absolute Gasteiger partial charge is 0.293 e. The van der Waals surface area contributed by atoms with Crippen LogP contribution in [0.3, 0.4) is 0 Å². The zero-order valence-electron chi connectivity index (χ0n) is 28.0. The van der Waals surface area contributed by atoms with Gasteiger partial charge < -0.3 is 0 Å². The van der Waals surface area contributed by atoms with Crippen LogP contribution in [-0.2, 0) is 0 Å². The van der Waals surface area contributed by atoms with Crippen LogP contribution in [0.25, 0.3) is 108 Å². The van der Waals surface area contributed by atoms with Gasteiger partial charge in [0.1, 0.15) is 5.82 Å². The lowest BCUT2D eigenvalue weighted by Gasteiger charge is -2.12. The van der Waals surface area contributed by atoms with Gasteiger partial charge in [-0.05, 0) is 96.0 Å². The Kier molecular flexibility index (Phi) is 5.56. The first-order valence-electron chi connectivity index (χ1n) is 17.7. The summed E-state index contributed by atoms with van der Waals surface area (Å²) in [5, 5.41) is 12.7. The molecule has 3 heteroatoms. The second-order valence-electron chi connectivity index (χ2n) is 14.0. The van der Waals surface area contributed by atoms with Crippen molar-refractivity contribution in [3.63, 3.8) is 0 Å². The van der Waals surface area contributed by atoms with E-state index in [1.54, 1.807) is 0 Å². The number of hydrogen-bond acceptors (Lipinski definition) is 2. The van der Waals surface area contributed by atoms with Gasteiger partial charge in [0.2, 0.25) is 0 Å². The van der Waals surface area contributed by atoms with Crippen LogP contribution in [0.1, 0.15) is 11.1 Å². The molecule has 0 fully saturated rings. The lowest BCUT2D eigenvalue weighted by atomic mass is 9.92. The summed E-state index contributed by atoms with van der Waals surface area (Å²) in [7, 11) is 0. The Morgan fingerprint density at radius 3 is 1.79 bits per heavy atom. The van der Waals surface area contributed by atoms with Gasteiger partial charge in [-0.3, -0.25) is 4.57 Å². The SMILES string of the molecule is C=C1c2ccccc2-c2ccc3c4ccccc4n(-c4cc5c(cn4)sc4ccc(-c6ccc7c8ccccc8c8ccccc8c7c6)cc45)c3c21. The first-order valence-corrected chi connectivity index (χ1v) is 18.5. The predicted molar refractivity (Wildman–Crippen MR) is 223 cm³/mol. The number of hydrogen-bond donors (Lipinski definition) is 0. The van der Waals surface area contributed by atoms with Crippen molar-refractivity contribution in [3.8, 4) is 28.1 Å². The lowest BCUT2D eigenvalue weighted by Crippen LogP contribution is -1.99. The van der Waals surface area contributed by atoms with E-state index in [-0.39, 0.29) is 0 Å². The monoisotopic (exact) mass is 676 g/mol. The summed E-state index contributed by atoms with van der Waals surface area (Å²) in [6.07, 6.45) is 2.07. The molecule has 0 bridgehead atoms. The fraction of sp³-hybridized carbons (Fsp3) is 0. The van der Waals surface area contributed by atoms with Gasteiger partial charge in [0.05, 0.1) is 15.7 Å². The van der Waals surface area contributed by atoms with Crippen LogP contribution in [0, 0.1) is 0 Å². The second kappa shape index (κ2) is 10.3. The molecular formula is C49H28N2S. The van der Waals surface area contributed by atoms with Gasteiger partial charge in [-0.25, -0.2) is 4.98 Å². The lowest BCUT2D eigenvalue weighted by molar-refractivity contribution is 1.09. The molecule has 52 heavy (non-hydrogen) atoms. The van der Waals surface area contributed by atoms with Crippen molar-refractivity contribution in [2.45, 2.75) is 0 Å². The first-order chi connectivity index (χ1) is 25.7. The van der Waals surface area contributed by atoms with E-state index in [1.807, 2.05) is 11.3 Å². The average Bonchev–Trinajstić information content (AvgIpc) is 3.84. The van der Waals surface area contributed by atoms with E-state index in [9.17, 15) is 0 Å². The Balaban J connectivity index is 1.08. The highest BCUT2D eigenvalue weighted by Crippen LogP contribution is 2.49. The third-order valence-corrected chi connectivity index (χ3v) is 12.5. The van der Waals surface area contributed by atoms with Gasteiger partial charge in [-0.15, -0.1) is 11.3 Å². The fourth-order valence-corrected chi connectivity index (χ4v) is 10.0. The smallest absolute Gasteiger partial charge is 0.138 e. The van der Waals surface area contributed by atoms with Crippen LogP contribution >= 0.6 is 11.3 Å². The molecule has 0 amide bonds. The summed E-state index contributed by atoms with van der Waals surface area (Å²) in [5.41, 5.74) is 10.7. The molecule has 8 aromatic carbocycles. The number of aromatic nitrogens is 2. The maximum Gasteiger partial charge on any atom is 0.138 e. The van der Waals surface area contributed by atoms with Gasteiger partial charge >= 0.3 is 0 Å². The maximum atomic E-state index is 5.16. The number of para-hydroxylation sites is 1. The summed E-state index contributed by atoms with van der Waals surface area (Å²) in [5.74, 6) is 0.921. The average molecular weight is 677 g/mol. The molecule has 12 rings (SSSR count). The van der Waals surface area contributed by atoms with Crippen molar-refractivity contribution in [1.29, 1.82) is 0 Å². The van der Waals surface area contributed by atoms with Crippen molar-refractivity contribution in [3.05, 3.63) is 176 Å². The third-order valence-electron chi connectivity index (χ3n) is 11.3. The third kappa shape index (κ3) is 3.70. The Labute approximate surface area is 303 Å². The number of nitrogens with zero attached hydrogens (tertiary/aromatic N) is 2. The number of fused-ring (bicyclic) bond motifs is 16. The topological polar surface area (TPSA) is 17.8 Å². The highest BCUT2D eigenvalue weighted by atomic mass is 32.1. The van der Waals surface area contributed by atoms with Crippen LogP contribution in [0.15, 0.2) is 164 Å². The van der Waals surface area contributed by atoms with Gasteiger partial charge in [0.25, 0.3) is 0 Å². The van der Waals surface area contributed by atoms with Crippen molar-refractivity contribution < 1.29 is 0 Å². The highest BCUT2D eigenvalue weighted by Gasteiger charge is 2.27. The molecule has 2 nitrogen and oxygen atoms in total. The number of benzene rings is 8. The molecule has 0 saturated heterocycles.